The van der Waals surface area contributed by atoms with Gasteiger partial charge < -0.3 is 19.7 Å². The summed E-state index contributed by atoms with van der Waals surface area (Å²) in [4.78, 5) is 28.6. The van der Waals surface area contributed by atoms with Crippen LogP contribution < -0.4 is 19.7 Å². The summed E-state index contributed by atoms with van der Waals surface area (Å²) in [6, 6.07) is 12.8. The maximum atomic E-state index is 13.3. The fourth-order valence-electron chi connectivity index (χ4n) is 3.44. The molecule has 0 aliphatic carbocycles. The molecular weight excluding hydrogens is 448 g/mol. The summed E-state index contributed by atoms with van der Waals surface area (Å²) in [6.07, 6.45) is 0.876. The minimum atomic E-state index is -0.417. The van der Waals surface area contributed by atoms with E-state index in [9.17, 15) is 9.59 Å². The first-order chi connectivity index (χ1) is 16.6. The van der Waals surface area contributed by atoms with E-state index >= 15 is 0 Å². The van der Waals surface area contributed by atoms with E-state index in [2.05, 4.69) is 27.7 Å². The minimum absolute atomic E-state index is 0.126. The highest BCUT2D eigenvalue weighted by Gasteiger charge is 2.23. The molecule has 2 aromatic carbocycles. The van der Waals surface area contributed by atoms with Gasteiger partial charge in [-0.25, -0.2) is 0 Å². The van der Waals surface area contributed by atoms with Crippen molar-refractivity contribution in [3.63, 3.8) is 0 Å². The van der Waals surface area contributed by atoms with Crippen molar-refractivity contribution in [2.45, 2.75) is 46.2 Å². The lowest BCUT2D eigenvalue weighted by molar-refractivity contribution is -0.125. The molecule has 186 valence electrons. The predicted molar refractivity (Wildman–Crippen MR) is 132 cm³/mol. The molecule has 35 heavy (non-hydrogen) atoms. The lowest BCUT2D eigenvalue weighted by Gasteiger charge is -2.26. The Morgan fingerprint density at radius 2 is 1.71 bits per heavy atom. The number of aromatic nitrogens is 4. The van der Waals surface area contributed by atoms with Gasteiger partial charge in [0.05, 0.1) is 14.2 Å². The molecule has 0 radical (unpaired) electrons. The Hall–Kier alpha value is -3.95. The zero-order valence-corrected chi connectivity index (χ0v) is 21.0. The van der Waals surface area contributed by atoms with Crippen LogP contribution in [0.15, 0.2) is 42.5 Å². The summed E-state index contributed by atoms with van der Waals surface area (Å²) >= 11 is 0. The standard InChI is InChI=1S/C25H32N6O4/c1-7-17-8-11-19(12-9-17)30(15-22(32)26-25(2,3)4)23(33)16-31-28-24(27-29-31)18-10-13-20(34-5)21(14-18)35-6/h8-14H,7,15-16H2,1-6H3,(H,26,32). The molecule has 0 saturated carbocycles. The number of hydrogen-bond acceptors (Lipinski definition) is 7. The second-order valence-electron chi connectivity index (χ2n) is 9.01. The number of rotatable bonds is 9. The van der Waals surface area contributed by atoms with Crippen molar-refractivity contribution in [2.24, 2.45) is 0 Å². The number of carbonyl (C=O) groups excluding carboxylic acids is 2. The van der Waals surface area contributed by atoms with E-state index in [-0.39, 0.29) is 24.9 Å². The molecule has 1 N–H and O–H groups in total. The molecule has 0 fully saturated rings. The van der Waals surface area contributed by atoms with Gasteiger partial charge in [-0.2, -0.15) is 4.80 Å². The number of methoxy groups -OCH3 is 2. The lowest BCUT2D eigenvalue weighted by Crippen LogP contribution is -2.48. The van der Waals surface area contributed by atoms with Gasteiger partial charge in [0, 0.05) is 16.8 Å². The number of ether oxygens (including phenoxy) is 2. The smallest absolute Gasteiger partial charge is 0.251 e. The number of nitrogens with one attached hydrogen (secondary N) is 1. The average Bonchev–Trinajstić information content (AvgIpc) is 3.29. The summed E-state index contributed by atoms with van der Waals surface area (Å²) in [7, 11) is 3.10. The third kappa shape index (κ3) is 6.78. The molecule has 1 aromatic heterocycles. The Morgan fingerprint density at radius 3 is 2.31 bits per heavy atom. The SMILES string of the molecule is CCc1ccc(N(CC(=O)NC(C)(C)C)C(=O)Cn2nnc(-c3ccc(OC)c(OC)c3)n2)cc1. The van der Waals surface area contributed by atoms with Crippen molar-refractivity contribution >= 4 is 17.5 Å². The van der Waals surface area contributed by atoms with Crippen molar-refractivity contribution in [2.75, 3.05) is 25.7 Å². The molecule has 0 spiro atoms. The topological polar surface area (TPSA) is 111 Å². The number of benzene rings is 2. The summed E-state index contributed by atoms with van der Waals surface area (Å²) < 4.78 is 10.6. The van der Waals surface area contributed by atoms with Crippen molar-refractivity contribution in [3.05, 3.63) is 48.0 Å². The first-order valence-electron chi connectivity index (χ1n) is 11.3. The average molecular weight is 481 g/mol. The van der Waals surface area contributed by atoms with Crippen LogP contribution in [0.25, 0.3) is 11.4 Å². The molecular formula is C25H32N6O4. The Kier molecular flexibility index (Phi) is 8.06. The van der Waals surface area contributed by atoms with Crippen LogP contribution in [0.1, 0.15) is 33.3 Å². The van der Waals surface area contributed by atoms with Gasteiger partial charge in [-0.15, -0.1) is 10.2 Å². The van der Waals surface area contributed by atoms with E-state index < -0.39 is 5.54 Å². The van der Waals surface area contributed by atoms with Gasteiger partial charge in [-0.05, 0) is 68.3 Å². The van der Waals surface area contributed by atoms with Crippen molar-refractivity contribution < 1.29 is 19.1 Å². The third-order valence-corrected chi connectivity index (χ3v) is 5.14. The Bertz CT molecular complexity index is 1170. The highest BCUT2D eigenvalue weighted by molar-refractivity contribution is 5.98. The molecule has 3 aromatic rings. The van der Waals surface area contributed by atoms with Crippen LogP contribution >= 0.6 is 0 Å². The first kappa shape index (κ1) is 25.7. The number of hydrogen-bond donors (Lipinski definition) is 1. The van der Waals surface area contributed by atoms with E-state index in [1.807, 2.05) is 45.0 Å². The zero-order chi connectivity index (χ0) is 25.6. The third-order valence-electron chi connectivity index (χ3n) is 5.14. The lowest BCUT2D eigenvalue weighted by atomic mass is 10.1. The Morgan fingerprint density at radius 1 is 1.03 bits per heavy atom. The summed E-state index contributed by atoms with van der Waals surface area (Å²) in [6.45, 7) is 7.42. The predicted octanol–water partition coefficient (Wildman–Crippen LogP) is 2.87. The maximum absolute atomic E-state index is 13.3. The number of anilines is 1. The Labute approximate surface area is 205 Å². The summed E-state index contributed by atoms with van der Waals surface area (Å²) in [5, 5.41) is 15.3. The number of tetrazole rings is 1. The van der Waals surface area contributed by atoms with Crippen LogP contribution in [-0.2, 0) is 22.6 Å². The molecule has 0 unspecified atom stereocenters. The molecule has 0 bridgehead atoms. The zero-order valence-electron chi connectivity index (χ0n) is 21.0. The molecule has 10 nitrogen and oxygen atoms in total. The molecule has 1 heterocycles. The first-order valence-corrected chi connectivity index (χ1v) is 11.3. The minimum Gasteiger partial charge on any atom is -0.493 e. The van der Waals surface area contributed by atoms with Crippen LogP contribution in [0, 0.1) is 0 Å². The molecule has 0 saturated heterocycles. The van der Waals surface area contributed by atoms with Gasteiger partial charge in [0.15, 0.2) is 11.5 Å². The normalized spacial score (nSPS) is 11.1. The van der Waals surface area contributed by atoms with Crippen LogP contribution in [-0.4, -0.2) is 58.3 Å². The number of amides is 2. The second kappa shape index (κ2) is 11.0. The fraction of sp³-hybridized carbons (Fsp3) is 0.400. The van der Waals surface area contributed by atoms with E-state index in [0.29, 0.717) is 28.6 Å². The number of nitrogens with zero attached hydrogens (tertiary/aromatic N) is 5. The highest BCUT2D eigenvalue weighted by atomic mass is 16.5. The summed E-state index contributed by atoms with van der Waals surface area (Å²) in [5.41, 5.74) is 2.01. The van der Waals surface area contributed by atoms with E-state index in [1.54, 1.807) is 32.4 Å². The molecule has 0 aliphatic rings. The van der Waals surface area contributed by atoms with Crippen LogP contribution in [0.3, 0.4) is 0 Å². The molecule has 0 atom stereocenters. The van der Waals surface area contributed by atoms with E-state index in [4.69, 9.17) is 9.47 Å². The quantitative estimate of drug-likeness (QED) is 0.501. The van der Waals surface area contributed by atoms with Gasteiger partial charge in [-0.1, -0.05) is 19.1 Å². The van der Waals surface area contributed by atoms with Crippen molar-refractivity contribution in [1.82, 2.24) is 25.5 Å². The van der Waals surface area contributed by atoms with Gasteiger partial charge in [0.25, 0.3) is 5.91 Å². The number of aryl methyl sites for hydroxylation is 1. The number of carbonyl (C=O) groups is 2. The van der Waals surface area contributed by atoms with Crippen molar-refractivity contribution in [3.8, 4) is 22.9 Å². The van der Waals surface area contributed by atoms with E-state index in [1.165, 1.54) is 9.70 Å². The molecule has 10 heteroatoms. The highest BCUT2D eigenvalue weighted by Crippen LogP contribution is 2.30. The largest absolute Gasteiger partial charge is 0.493 e. The van der Waals surface area contributed by atoms with E-state index in [0.717, 1.165) is 12.0 Å². The Balaban J connectivity index is 1.81. The summed E-state index contributed by atoms with van der Waals surface area (Å²) in [5.74, 6) is 0.849. The van der Waals surface area contributed by atoms with Crippen molar-refractivity contribution in [1.29, 1.82) is 0 Å². The fourth-order valence-corrected chi connectivity index (χ4v) is 3.44. The molecule has 3 rings (SSSR count). The second-order valence-corrected chi connectivity index (χ2v) is 9.01. The van der Waals surface area contributed by atoms with Crippen LogP contribution in [0.2, 0.25) is 0 Å². The van der Waals surface area contributed by atoms with Crippen LogP contribution in [0.4, 0.5) is 5.69 Å². The van der Waals surface area contributed by atoms with Gasteiger partial charge in [0.1, 0.15) is 13.1 Å². The monoisotopic (exact) mass is 480 g/mol. The van der Waals surface area contributed by atoms with Gasteiger partial charge in [-0.3, -0.25) is 9.59 Å². The maximum Gasteiger partial charge on any atom is 0.251 e. The van der Waals surface area contributed by atoms with Gasteiger partial charge in [0.2, 0.25) is 11.7 Å². The van der Waals surface area contributed by atoms with Crippen LogP contribution in [0.5, 0.6) is 11.5 Å². The molecule has 2 amide bonds. The molecule has 0 aliphatic heterocycles. The van der Waals surface area contributed by atoms with Gasteiger partial charge >= 0.3 is 0 Å².